The van der Waals surface area contributed by atoms with E-state index in [0.29, 0.717) is 28.6 Å². The van der Waals surface area contributed by atoms with Gasteiger partial charge in [0.25, 0.3) is 0 Å². The molecule has 0 aliphatic carbocycles. The summed E-state index contributed by atoms with van der Waals surface area (Å²) in [4.78, 5) is 12.3. The largest absolute Gasteiger partial charge is 0.493 e. The van der Waals surface area contributed by atoms with Crippen LogP contribution in [-0.4, -0.2) is 36.1 Å². The molecule has 0 saturated carbocycles. The van der Waals surface area contributed by atoms with E-state index in [1.165, 1.54) is 11.7 Å². The predicted molar refractivity (Wildman–Crippen MR) is 94.0 cm³/mol. The fourth-order valence-electron chi connectivity index (χ4n) is 2.71. The second-order valence-electron chi connectivity index (χ2n) is 5.44. The highest BCUT2D eigenvalue weighted by Gasteiger charge is 2.19. The van der Waals surface area contributed by atoms with E-state index in [1.807, 2.05) is 31.2 Å². The normalized spacial score (nSPS) is 10.6. The predicted octanol–water partition coefficient (Wildman–Crippen LogP) is 2.56. The third kappa shape index (κ3) is 2.96. The zero-order chi connectivity index (χ0) is 18.0. The SMILES string of the molecule is COc1cc(-c2n[nH]c(=O)n2-c2cccc(C)c2)cc(OC)c1OC. The first-order valence-electron chi connectivity index (χ1n) is 7.64. The molecule has 0 amide bonds. The van der Waals surface area contributed by atoms with Crippen molar-refractivity contribution >= 4 is 0 Å². The Labute approximate surface area is 144 Å². The average molecular weight is 341 g/mol. The van der Waals surface area contributed by atoms with Gasteiger partial charge in [-0.1, -0.05) is 12.1 Å². The van der Waals surface area contributed by atoms with Gasteiger partial charge in [-0.15, -0.1) is 0 Å². The summed E-state index contributed by atoms with van der Waals surface area (Å²) in [6.07, 6.45) is 0. The van der Waals surface area contributed by atoms with Crippen LogP contribution in [0, 0.1) is 6.92 Å². The van der Waals surface area contributed by atoms with Crippen LogP contribution in [0.1, 0.15) is 5.56 Å². The molecule has 25 heavy (non-hydrogen) atoms. The molecule has 1 N–H and O–H groups in total. The van der Waals surface area contributed by atoms with Gasteiger partial charge in [0, 0.05) is 5.56 Å². The van der Waals surface area contributed by atoms with Gasteiger partial charge < -0.3 is 14.2 Å². The molecule has 0 radical (unpaired) electrons. The van der Waals surface area contributed by atoms with E-state index < -0.39 is 0 Å². The molecule has 130 valence electrons. The van der Waals surface area contributed by atoms with Gasteiger partial charge in [0.05, 0.1) is 27.0 Å². The van der Waals surface area contributed by atoms with E-state index in [4.69, 9.17) is 14.2 Å². The van der Waals surface area contributed by atoms with E-state index in [0.717, 1.165) is 11.3 Å². The van der Waals surface area contributed by atoms with Crippen molar-refractivity contribution in [3.63, 3.8) is 0 Å². The Morgan fingerprint density at radius 3 is 2.24 bits per heavy atom. The second kappa shape index (κ2) is 6.72. The van der Waals surface area contributed by atoms with Crippen molar-refractivity contribution in [1.82, 2.24) is 14.8 Å². The number of benzene rings is 2. The van der Waals surface area contributed by atoms with Gasteiger partial charge in [0.2, 0.25) is 5.75 Å². The minimum absolute atomic E-state index is 0.325. The molecule has 0 aliphatic rings. The first-order valence-corrected chi connectivity index (χ1v) is 7.64. The van der Waals surface area contributed by atoms with Crippen molar-refractivity contribution in [3.05, 3.63) is 52.4 Å². The van der Waals surface area contributed by atoms with Crippen molar-refractivity contribution in [2.45, 2.75) is 6.92 Å². The molecule has 2 aromatic carbocycles. The topological polar surface area (TPSA) is 78.4 Å². The number of nitrogens with one attached hydrogen (secondary N) is 1. The van der Waals surface area contributed by atoms with Gasteiger partial charge >= 0.3 is 5.69 Å². The first kappa shape index (κ1) is 16.6. The summed E-state index contributed by atoms with van der Waals surface area (Å²) in [6.45, 7) is 1.97. The van der Waals surface area contributed by atoms with Crippen LogP contribution < -0.4 is 19.9 Å². The van der Waals surface area contributed by atoms with Crippen LogP contribution in [-0.2, 0) is 0 Å². The molecule has 0 aliphatic heterocycles. The number of aromatic nitrogens is 3. The summed E-state index contributed by atoms with van der Waals surface area (Å²) in [5, 5.41) is 6.67. The van der Waals surface area contributed by atoms with Gasteiger partial charge in [-0.2, -0.15) is 5.10 Å². The van der Waals surface area contributed by atoms with E-state index in [2.05, 4.69) is 10.2 Å². The maximum absolute atomic E-state index is 12.3. The highest BCUT2D eigenvalue weighted by atomic mass is 16.5. The summed E-state index contributed by atoms with van der Waals surface area (Å²) in [6, 6.07) is 11.1. The third-order valence-corrected chi connectivity index (χ3v) is 3.86. The Balaban J connectivity index is 2.23. The Morgan fingerprint density at radius 2 is 1.68 bits per heavy atom. The quantitative estimate of drug-likeness (QED) is 0.772. The van der Waals surface area contributed by atoms with Gasteiger partial charge in [-0.3, -0.25) is 0 Å². The standard InChI is InChI=1S/C18H19N3O4/c1-11-6-5-7-13(8-11)21-17(19-20-18(21)22)12-9-14(23-2)16(25-4)15(10-12)24-3/h5-10H,1-4H3,(H,20,22). The van der Waals surface area contributed by atoms with E-state index in [1.54, 1.807) is 26.4 Å². The highest BCUT2D eigenvalue weighted by Crippen LogP contribution is 2.40. The van der Waals surface area contributed by atoms with Gasteiger partial charge in [-0.05, 0) is 36.8 Å². The van der Waals surface area contributed by atoms with Crippen LogP contribution >= 0.6 is 0 Å². The number of methoxy groups -OCH3 is 3. The minimum atomic E-state index is -0.325. The van der Waals surface area contributed by atoms with Crippen LogP contribution in [0.2, 0.25) is 0 Å². The molecule has 3 aromatic rings. The summed E-state index contributed by atoms with van der Waals surface area (Å²) >= 11 is 0. The fraction of sp³-hybridized carbons (Fsp3) is 0.222. The molecule has 0 atom stereocenters. The monoisotopic (exact) mass is 341 g/mol. The number of rotatable bonds is 5. The van der Waals surface area contributed by atoms with Crippen molar-refractivity contribution in [1.29, 1.82) is 0 Å². The summed E-state index contributed by atoms with van der Waals surface area (Å²) in [5.41, 5.74) is 2.10. The lowest BCUT2D eigenvalue weighted by Gasteiger charge is -2.14. The molecule has 0 bridgehead atoms. The van der Waals surface area contributed by atoms with Gasteiger partial charge in [0.15, 0.2) is 17.3 Å². The molecule has 1 heterocycles. The Kier molecular flexibility index (Phi) is 4.47. The number of hydrogen-bond donors (Lipinski definition) is 1. The molecular weight excluding hydrogens is 322 g/mol. The van der Waals surface area contributed by atoms with Crippen molar-refractivity contribution < 1.29 is 14.2 Å². The molecule has 0 spiro atoms. The molecule has 0 unspecified atom stereocenters. The number of hydrogen-bond acceptors (Lipinski definition) is 5. The van der Waals surface area contributed by atoms with E-state index >= 15 is 0 Å². The van der Waals surface area contributed by atoms with Gasteiger partial charge in [0.1, 0.15) is 0 Å². The second-order valence-corrected chi connectivity index (χ2v) is 5.44. The molecule has 7 nitrogen and oxygen atoms in total. The number of aromatic amines is 1. The molecule has 0 saturated heterocycles. The Bertz CT molecular complexity index is 934. The van der Waals surface area contributed by atoms with E-state index in [9.17, 15) is 4.79 Å². The maximum Gasteiger partial charge on any atom is 0.348 e. The Hall–Kier alpha value is -3.22. The van der Waals surface area contributed by atoms with Crippen LogP contribution in [0.15, 0.2) is 41.2 Å². The zero-order valence-corrected chi connectivity index (χ0v) is 14.5. The van der Waals surface area contributed by atoms with Crippen molar-refractivity contribution in [2.75, 3.05) is 21.3 Å². The maximum atomic E-state index is 12.3. The lowest BCUT2D eigenvalue weighted by molar-refractivity contribution is 0.324. The molecule has 3 rings (SSSR count). The Morgan fingerprint density at radius 1 is 1.00 bits per heavy atom. The summed E-state index contributed by atoms with van der Waals surface area (Å²) in [5.74, 6) is 1.91. The zero-order valence-electron chi connectivity index (χ0n) is 14.5. The smallest absolute Gasteiger partial charge is 0.348 e. The average Bonchev–Trinajstić information content (AvgIpc) is 3.01. The van der Waals surface area contributed by atoms with Gasteiger partial charge in [-0.25, -0.2) is 14.5 Å². The van der Waals surface area contributed by atoms with Crippen LogP contribution in [0.4, 0.5) is 0 Å². The lowest BCUT2D eigenvalue weighted by atomic mass is 10.1. The number of H-pyrrole nitrogens is 1. The number of ether oxygens (including phenoxy) is 3. The number of nitrogens with zero attached hydrogens (tertiary/aromatic N) is 2. The third-order valence-electron chi connectivity index (χ3n) is 3.86. The minimum Gasteiger partial charge on any atom is -0.493 e. The summed E-state index contributed by atoms with van der Waals surface area (Å²) < 4.78 is 17.6. The summed E-state index contributed by atoms with van der Waals surface area (Å²) in [7, 11) is 4.62. The van der Waals surface area contributed by atoms with Crippen molar-refractivity contribution in [2.24, 2.45) is 0 Å². The molecular formula is C18H19N3O4. The van der Waals surface area contributed by atoms with Crippen LogP contribution in [0.25, 0.3) is 17.1 Å². The molecule has 1 aromatic heterocycles. The molecule has 7 heteroatoms. The van der Waals surface area contributed by atoms with Crippen LogP contribution in [0.5, 0.6) is 17.2 Å². The van der Waals surface area contributed by atoms with E-state index in [-0.39, 0.29) is 5.69 Å². The highest BCUT2D eigenvalue weighted by molar-refractivity contribution is 5.68. The lowest BCUT2D eigenvalue weighted by Crippen LogP contribution is -2.15. The molecule has 0 fully saturated rings. The van der Waals surface area contributed by atoms with Crippen LogP contribution in [0.3, 0.4) is 0 Å². The number of aryl methyl sites for hydroxylation is 1. The first-order chi connectivity index (χ1) is 12.1. The fourth-order valence-corrected chi connectivity index (χ4v) is 2.71. The van der Waals surface area contributed by atoms with Crippen molar-refractivity contribution in [3.8, 4) is 34.3 Å².